The quantitative estimate of drug-likeness (QED) is 0.468. The average molecular weight is 444 g/mol. The largest absolute Gasteiger partial charge is 0.467 e. The predicted molar refractivity (Wildman–Crippen MR) is 127 cm³/mol. The first-order valence-electron chi connectivity index (χ1n) is 11.6. The number of furan rings is 1. The number of hydrogen-bond donors (Lipinski definition) is 1. The highest BCUT2D eigenvalue weighted by Crippen LogP contribution is 2.26. The van der Waals surface area contributed by atoms with Crippen LogP contribution in [0.15, 0.2) is 59.3 Å². The third-order valence-corrected chi connectivity index (χ3v) is 6.41. The van der Waals surface area contributed by atoms with Crippen LogP contribution in [0.4, 0.5) is 0 Å². The number of pyridine rings is 1. The summed E-state index contributed by atoms with van der Waals surface area (Å²) in [4.78, 5) is 19.5. The van der Waals surface area contributed by atoms with Crippen LogP contribution in [0.5, 0.6) is 0 Å². The van der Waals surface area contributed by atoms with Gasteiger partial charge in [0.2, 0.25) is 0 Å². The van der Waals surface area contributed by atoms with E-state index in [1.165, 1.54) is 11.3 Å². The van der Waals surface area contributed by atoms with Crippen LogP contribution in [0.25, 0.3) is 10.9 Å². The van der Waals surface area contributed by atoms with Crippen molar-refractivity contribution in [2.45, 2.75) is 51.9 Å². The smallest absolute Gasteiger partial charge is 0.274 e. The molecule has 170 valence electrons. The molecule has 1 aliphatic carbocycles. The van der Waals surface area contributed by atoms with Crippen molar-refractivity contribution in [3.63, 3.8) is 0 Å². The Kier molecular flexibility index (Phi) is 5.96. The maximum absolute atomic E-state index is 13.3. The lowest BCUT2D eigenvalue weighted by atomic mass is 9.91. The van der Waals surface area contributed by atoms with E-state index in [-0.39, 0.29) is 5.91 Å². The highest BCUT2D eigenvalue weighted by Gasteiger charge is 2.30. The molecular weight excluding hydrogens is 414 g/mol. The number of rotatable bonds is 7. The summed E-state index contributed by atoms with van der Waals surface area (Å²) in [6, 6.07) is 14.4. The summed E-state index contributed by atoms with van der Waals surface area (Å²) in [6.45, 7) is 4.02. The second kappa shape index (κ2) is 9.19. The van der Waals surface area contributed by atoms with Gasteiger partial charge in [-0.2, -0.15) is 5.10 Å². The zero-order chi connectivity index (χ0) is 22.8. The van der Waals surface area contributed by atoms with Crippen molar-refractivity contribution in [1.29, 1.82) is 0 Å². The van der Waals surface area contributed by atoms with E-state index >= 15 is 0 Å². The minimum absolute atomic E-state index is 0.0609. The fourth-order valence-electron chi connectivity index (χ4n) is 4.66. The zero-order valence-corrected chi connectivity index (χ0v) is 19.1. The molecular formula is C26H29N5O2. The summed E-state index contributed by atoms with van der Waals surface area (Å²) in [5.41, 5.74) is 5.02. The van der Waals surface area contributed by atoms with E-state index in [0.717, 1.165) is 54.6 Å². The lowest BCUT2D eigenvalue weighted by molar-refractivity contribution is 0.0767. The minimum atomic E-state index is -0.0609. The first kappa shape index (κ1) is 21.4. The molecule has 1 N–H and O–H groups in total. The lowest BCUT2D eigenvalue weighted by Crippen LogP contribution is -2.35. The SMILES string of the molecule is CCn1nc(C(=O)N(C)Cc2ccco2)c2c1CCC(NCc1cnc3ccccc3c1)C2. The molecule has 3 aromatic heterocycles. The van der Waals surface area contributed by atoms with Gasteiger partial charge in [-0.15, -0.1) is 0 Å². The van der Waals surface area contributed by atoms with Gasteiger partial charge >= 0.3 is 0 Å². The molecule has 0 saturated heterocycles. The maximum Gasteiger partial charge on any atom is 0.274 e. The van der Waals surface area contributed by atoms with Crippen molar-refractivity contribution in [2.24, 2.45) is 0 Å². The highest BCUT2D eigenvalue weighted by atomic mass is 16.3. The van der Waals surface area contributed by atoms with E-state index in [9.17, 15) is 4.79 Å². The number of fused-ring (bicyclic) bond motifs is 2. The van der Waals surface area contributed by atoms with Crippen molar-refractivity contribution in [3.05, 3.63) is 83.2 Å². The number of aromatic nitrogens is 3. The third-order valence-electron chi connectivity index (χ3n) is 6.41. The van der Waals surface area contributed by atoms with E-state index in [4.69, 9.17) is 9.52 Å². The van der Waals surface area contributed by atoms with Crippen molar-refractivity contribution >= 4 is 16.8 Å². The van der Waals surface area contributed by atoms with Crippen LogP contribution in [0.1, 0.15) is 46.4 Å². The maximum atomic E-state index is 13.3. The fraction of sp³-hybridized carbons (Fsp3) is 0.346. The van der Waals surface area contributed by atoms with E-state index in [1.54, 1.807) is 18.2 Å². The number of aryl methyl sites for hydroxylation is 1. The second-order valence-corrected chi connectivity index (χ2v) is 8.69. The van der Waals surface area contributed by atoms with Gasteiger partial charge in [-0.1, -0.05) is 18.2 Å². The predicted octanol–water partition coefficient (Wildman–Crippen LogP) is 3.96. The molecule has 7 nitrogen and oxygen atoms in total. The molecule has 0 saturated carbocycles. The van der Waals surface area contributed by atoms with E-state index < -0.39 is 0 Å². The van der Waals surface area contributed by atoms with Gasteiger partial charge in [-0.05, 0) is 56.0 Å². The topological polar surface area (TPSA) is 76.2 Å². The Hall–Kier alpha value is -3.45. The Bertz CT molecular complexity index is 1260. The molecule has 0 bridgehead atoms. The summed E-state index contributed by atoms with van der Waals surface area (Å²) in [7, 11) is 1.80. The molecule has 1 unspecified atom stereocenters. The monoisotopic (exact) mass is 443 g/mol. The van der Waals surface area contributed by atoms with Crippen LogP contribution in [0.2, 0.25) is 0 Å². The molecule has 1 aromatic carbocycles. The summed E-state index contributed by atoms with van der Waals surface area (Å²) >= 11 is 0. The van der Waals surface area contributed by atoms with Gasteiger partial charge in [0.25, 0.3) is 5.91 Å². The Labute approximate surface area is 193 Å². The van der Waals surface area contributed by atoms with Crippen molar-refractivity contribution in [3.8, 4) is 0 Å². The molecule has 1 atom stereocenters. The normalized spacial score (nSPS) is 15.5. The third kappa shape index (κ3) is 4.41. The van der Waals surface area contributed by atoms with Gasteiger partial charge in [0.05, 0.1) is 18.3 Å². The number of carbonyl (C=O) groups excluding carboxylic acids is 1. The molecule has 3 heterocycles. The molecule has 4 aromatic rings. The molecule has 7 heteroatoms. The minimum Gasteiger partial charge on any atom is -0.467 e. The van der Waals surface area contributed by atoms with Gasteiger partial charge in [-0.25, -0.2) is 0 Å². The van der Waals surface area contributed by atoms with Gasteiger partial charge in [0.15, 0.2) is 5.69 Å². The highest BCUT2D eigenvalue weighted by molar-refractivity contribution is 5.94. The molecule has 0 radical (unpaired) electrons. The number of hydrogen-bond acceptors (Lipinski definition) is 5. The zero-order valence-electron chi connectivity index (χ0n) is 19.1. The van der Waals surface area contributed by atoms with E-state index in [1.807, 2.05) is 41.2 Å². The Balaban J connectivity index is 1.30. The molecule has 1 aliphatic rings. The number of carbonyl (C=O) groups is 1. The fourth-order valence-corrected chi connectivity index (χ4v) is 4.66. The molecule has 33 heavy (non-hydrogen) atoms. The molecule has 1 amide bonds. The number of amides is 1. The van der Waals surface area contributed by atoms with Crippen LogP contribution in [0.3, 0.4) is 0 Å². The first-order chi connectivity index (χ1) is 16.1. The van der Waals surface area contributed by atoms with Crippen molar-refractivity contribution in [2.75, 3.05) is 7.05 Å². The van der Waals surface area contributed by atoms with Crippen LogP contribution in [-0.2, 0) is 32.5 Å². The average Bonchev–Trinajstić information content (AvgIpc) is 3.49. The van der Waals surface area contributed by atoms with E-state index in [2.05, 4.69) is 29.4 Å². The number of benzene rings is 1. The summed E-state index contributed by atoms with van der Waals surface area (Å²) in [6.07, 6.45) is 6.31. The molecule has 5 rings (SSSR count). The lowest BCUT2D eigenvalue weighted by Gasteiger charge is -2.25. The van der Waals surface area contributed by atoms with Crippen LogP contribution in [-0.4, -0.2) is 38.7 Å². The number of nitrogens with zero attached hydrogens (tertiary/aromatic N) is 4. The van der Waals surface area contributed by atoms with E-state index in [0.29, 0.717) is 18.3 Å². The Morgan fingerprint density at radius 2 is 2.15 bits per heavy atom. The van der Waals surface area contributed by atoms with Crippen molar-refractivity contribution in [1.82, 2.24) is 25.0 Å². The first-order valence-corrected chi connectivity index (χ1v) is 11.6. The summed E-state index contributed by atoms with van der Waals surface area (Å²) in [5.74, 6) is 0.701. The number of nitrogens with one attached hydrogen (secondary N) is 1. The number of para-hydroxylation sites is 1. The van der Waals surface area contributed by atoms with Crippen LogP contribution < -0.4 is 5.32 Å². The van der Waals surface area contributed by atoms with Crippen molar-refractivity contribution < 1.29 is 9.21 Å². The van der Waals surface area contributed by atoms with Gasteiger partial charge in [0, 0.05) is 49.0 Å². The van der Waals surface area contributed by atoms with Gasteiger partial charge in [0.1, 0.15) is 5.76 Å². The Morgan fingerprint density at radius 3 is 2.97 bits per heavy atom. The van der Waals surface area contributed by atoms with Gasteiger partial charge < -0.3 is 14.6 Å². The molecule has 0 fully saturated rings. The second-order valence-electron chi connectivity index (χ2n) is 8.69. The standard InChI is InChI=1S/C26H29N5O2/c1-3-31-24-11-10-20(27-15-18-13-19-7-4-5-9-23(19)28-16-18)14-22(24)25(29-31)26(32)30(2)17-21-8-6-12-33-21/h4-9,12-13,16,20,27H,3,10-11,14-15,17H2,1-2H3. The summed E-state index contributed by atoms with van der Waals surface area (Å²) < 4.78 is 7.41. The summed E-state index contributed by atoms with van der Waals surface area (Å²) in [5, 5.41) is 9.54. The molecule has 0 aliphatic heterocycles. The molecule has 0 spiro atoms. The van der Waals surface area contributed by atoms with Crippen LogP contribution in [0, 0.1) is 0 Å². The van der Waals surface area contributed by atoms with Crippen LogP contribution >= 0.6 is 0 Å². The Morgan fingerprint density at radius 1 is 1.27 bits per heavy atom. The van der Waals surface area contributed by atoms with Gasteiger partial charge in [-0.3, -0.25) is 14.5 Å².